The highest BCUT2D eigenvalue weighted by atomic mass is 35.5. The Morgan fingerprint density at radius 2 is 1.88 bits per heavy atom. The van der Waals surface area contributed by atoms with E-state index >= 15 is 0 Å². The predicted molar refractivity (Wildman–Crippen MR) is 101 cm³/mol. The van der Waals surface area contributed by atoms with E-state index in [1.165, 1.54) is 13.0 Å². The molecule has 0 aliphatic carbocycles. The third-order valence-electron chi connectivity index (χ3n) is 4.39. The van der Waals surface area contributed by atoms with E-state index in [0.717, 1.165) is 17.7 Å². The monoisotopic (exact) mass is 397 g/mol. The number of sulfone groups is 1. The molecule has 0 bridgehead atoms. The van der Waals surface area contributed by atoms with E-state index in [1.807, 2.05) is 24.3 Å². The van der Waals surface area contributed by atoms with Gasteiger partial charge in [0.15, 0.2) is 9.84 Å². The molecule has 1 heterocycles. The summed E-state index contributed by atoms with van der Waals surface area (Å²) in [7, 11) is -3.68. The number of carbonyl (C=O) groups is 1. The van der Waals surface area contributed by atoms with Crippen LogP contribution in [0.3, 0.4) is 0 Å². The zero-order valence-corrected chi connectivity index (χ0v) is 15.9. The third kappa shape index (κ3) is 3.68. The molecule has 0 radical (unpaired) electrons. The van der Waals surface area contributed by atoms with Crippen LogP contribution < -0.4 is 4.90 Å². The number of para-hydroxylation sites is 1. The molecule has 1 aliphatic rings. The van der Waals surface area contributed by atoms with Gasteiger partial charge in [-0.2, -0.15) is 0 Å². The first-order valence-electron chi connectivity index (χ1n) is 7.84. The minimum atomic E-state index is -3.68. The summed E-state index contributed by atoms with van der Waals surface area (Å²) in [5.41, 5.74) is 2.37. The van der Waals surface area contributed by atoms with Crippen molar-refractivity contribution in [2.24, 2.45) is 0 Å². The smallest absolute Gasteiger partial charge is 0.245 e. The summed E-state index contributed by atoms with van der Waals surface area (Å²) in [6.07, 6.45) is 0.738. The summed E-state index contributed by atoms with van der Waals surface area (Å²) in [5, 5.41) is -0.476. The van der Waals surface area contributed by atoms with Gasteiger partial charge in [0.1, 0.15) is 5.25 Å². The number of carbonyl (C=O) groups excluding carboxylic acids is 1. The van der Waals surface area contributed by atoms with Crippen LogP contribution in [0.2, 0.25) is 10.0 Å². The molecule has 0 fully saturated rings. The summed E-state index contributed by atoms with van der Waals surface area (Å²) in [5.74, 6) is -0.656. The second kappa shape index (κ2) is 6.98. The van der Waals surface area contributed by atoms with Gasteiger partial charge >= 0.3 is 0 Å². The van der Waals surface area contributed by atoms with E-state index in [1.54, 1.807) is 17.0 Å². The van der Waals surface area contributed by atoms with E-state index < -0.39 is 21.0 Å². The summed E-state index contributed by atoms with van der Waals surface area (Å²) in [6.45, 7) is 1.95. The van der Waals surface area contributed by atoms with Crippen LogP contribution in [0.15, 0.2) is 42.5 Å². The molecule has 132 valence electrons. The summed E-state index contributed by atoms with van der Waals surface area (Å²) >= 11 is 11.8. The molecule has 0 spiro atoms. The van der Waals surface area contributed by atoms with Crippen LogP contribution >= 0.6 is 23.2 Å². The SMILES string of the molecule is C[C@@H](C(=O)N1CCc2ccccc21)S(=O)(=O)Cc1ccc(Cl)c(Cl)c1. The fourth-order valence-corrected chi connectivity index (χ4v) is 4.58. The molecule has 2 aromatic rings. The lowest BCUT2D eigenvalue weighted by Crippen LogP contribution is -2.41. The fraction of sp³-hybridized carbons (Fsp3) is 0.278. The van der Waals surface area contributed by atoms with Crippen molar-refractivity contribution in [1.29, 1.82) is 0 Å². The van der Waals surface area contributed by atoms with Crippen LogP contribution in [-0.4, -0.2) is 26.1 Å². The number of hydrogen-bond acceptors (Lipinski definition) is 3. The molecule has 7 heteroatoms. The molecular weight excluding hydrogens is 381 g/mol. The fourth-order valence-electron chi connectivity index (χ4n) is 2.93. The molecule has 2 aromatic carbocycles. The second-order valence-corrected chi connectivity index (χ2v) is 9.20. The average Bonchev–Trinajstić information content (AvgIpc) is 3.00. The van der Waals surface area contributed by atoms with Gasteiger partial charge in [-0.15, -0.1) is 0 Å². The summed E-state index contributed by atoms with van der Waals surface area (Å²) in [4.78, 5) is 14.3. The molecular formula is C18H17Cl2NO3S. The maximum Gasteiger partial charge on any atom is 0.245 e. The first-order chi connectivity index (χ1) is 11.8. The Balaban J connectivity index is 1.80. The lowest BCUT2D eigenvalue weighted by Gasteiger charge is -2.22. The normalized spacial score (nSPS) is 15.1. The average molecular weight is 398 g/mol. The number of halogens is 2. The van der Waals surface area contributed by atoms with Crippen molar-refractivity contribution < 1.29 is 13.2 Å². The summed E-state index contributed by atoms with van der Waals surface area (Å²) < 4.78 is 25.4. The van der Waals surface area contributed by atoms with E-state index in [9.17, 15) is 13.2 Å². The van der Waals surface area contributed by atoms with Crippen LogP contribution in [0.1, 0.15) is 18.1 Å². The van der Waals surface area contributed by atoms with E-state index in [4.69, 9.17) is 23.2 Å². The topological polar surface area (TPSA) is 54.5 Å². The first-order valence-corrected chi connectivity index (χ1v) is 10.3. The lowest BCUT2D eigenvalue weighted by molar-refractivity contribution is -0.117. The first kappa shape index (κ1) is 18.2. The van der Waals surface area contributed by atoms with Gasteiger partial charge < -0.3 is 4.90 Å². The maximum absolute atomic E-state index is 12.8. The molecule has 0 aromatic heterocycles. The molecule has 0 N–H and O–H groups in total. The Morgan fingerprint density at radius 3 is 2.60 bits per heavy atom. The molecule has 0 unspecified atom stereocenters. The van der Waals surface area contributed by atoms with Gasteiger partial charge in [0, 0.05) is 12.2 Å². The molecule has 25 heavy (non-hydrogen) atoms. The highest BCUT2D eigenvalue weighted by molar-refractivity contribution is 7.92. The van der Waals surface area contributed by atoms with E-state index in [0.29, 0.717) is 22.2 Å². The maximum atomic E-state index is 12.8. The number of nitrogens with zero attached hydrogens (tertiary/aromatic N) is 1. The lowest BCUT2D eigenvalue weighted by atomic mass is 10.2. The molecule has 0 saturated heterocycles. The van der Waals surface area contributed by atoms with Gasteiger partial charge in [-0.05, 0) is 42.7 Å². The van der Waals surface area contributed by atoms with Crippen molar-refractivity contribution in [3.8, 4) is 0 Å². The molecule has 1 amide bonds. The molecule has 0 saturated carbocycles. The molecule has 4 nitrogen and oxygen atoms in total. The zero-order chi connectivity index (χ0) is 18.2. The Kier molecular flexibility index (Phi) is 5.09. The largest absolute Gasteiger partial charge is 0.311 e. The van der Waals surface area contributed by atoms with Crippen molar-refractivity contribution in [2.45, 2.75) is 24.3 Å². The van der Waals surface area contributed by atoms with Gasteiger partial charge in [0.2, 0.25) is 5.91 Å². The zero-order valence-electron chi connectivity index (χ0n) is 13.6. The predicted octanol–water partition coefficient (Wildman–Crippen LogP) is 3.89. The van der Waals surface area contributed by atoms with Gasteiger partial charge in [-0.25, -0.2) is 8.42 Å². The Morgan fingerprint density at radius 1 is 1.16 bits per heavy atom. The van der Waals surface area contributed by atoms with Crippen molar-refractivity contribution in [3.05, 3.63) is 63.6 Å². The number of rotatable bonds is 4. The van der Waals surface area contributed by atoms with Crippen molar-refractivity contribution in [3.63, 3.8) is 0 Å². The van der Waals surface area contributed by atoms with Crippen molar-refractivity contribution >= 4 is 44.6 Å². The number of fused-ring (bicyclic) bond motifs is 1. The Bertz CT molecular complexity index is 928. The number of amides is 1. The minimum Gasteiger partial charge on any atom is -0.311 e. The van der Waals surface area contributed by atoms with Crippen molar-refractivity contribution in [1.82, 2.24) is 0 Å². The standard InChI is InChI=1S/C18H17Cl2NO3S/c1-12(18(22)21-9-8-14-4-2-3-5-17(14)21)25(23,24)11-13-6-7-15(19)16(20)10-13/h2-7,10,12H,8-9,11H2,1H3/t12-/m0/s1. The highest BCUT2D eigenvalue weighted by Crippen LogP contribution is 2.29. The third-order valence-corrected chi connectivity index (χ3v) is 7.15. The summed E-state index contributed by atoms with van der Waals surface area (Å²) in [6, 6.07) is 12.2. The second-order valence-electron chi connectivity index (χ2n) is 6.07. The Hall–Kier alpha value is -1.56. The van der Waals surface area contributed by atoms with E-state index in [-0.39, 0.29) is 5.75 Å². The van der Waals surface area contributed by atoms with Crippen LogP contribution in [0.4, 0.5) is 5.69 Å². The molecule has 3 rings (SSSR count). The van der Waals surface area contributed by atoms with Gasteiger partial charge in [-0.3, -0.25) is 4.79 Å². The van der Waals surface area contributed by atoms with Crippen LogP contribution in [-0.2, 0) is 26.8 Å². The molecule has 1 atom stereocenters. The minimum absolute atomic E-state index is 0.258. The van der Waals surface area contributed by atoms with Gasteiger partial charge in [0.25, 0.3) is 0 Å². The van der Waals surface area contributed by atoms with Crippen LogP contribution in [0, 0.1) is 0 Å². The van der Waals surface area contributed by atoms with Crippen molar-refractivity contribution in [2.75, 3.05) is 11.4 Å². The van der Waals surface area contributed by atoms with Crippen LogP contribution in [0.5, 0.6) is 0 Å². The molecule has 1 aliphatic heterocycles. The van der Waals surface area contributed by atoms with Crippen LogP contribution in [0.25, 0.3) is 0 Å². The number of benzene rings is 2. The van der Waals surface area contributed by atoms with Gasteiger partial charge in [0.05, 0.1) is 15.8 Å². The Labute approximate surface area is 157 Å². The highest BCUT2D eigenvalue weighted by Gasteiger charge is 2.34. The van der Waals surface area contributed by atoms with E-state index in [2.05, 4.69) is 0 Å². The number of hydrogen-bond donors (Lipinski definition) is 0. The number of anilines is 1. The quantitative estimate of drug-likeness (QED) is 0.786. The van der Waals surface area contributed by atoms with Gasteiger partial charge in [-0.1, -0.05) is 47.5 Å².